The lowest BCUT2D eigenvalue weighted by molar-refractivity contribution is 0.350. The smallest absolute Gasteiger partial charge is 0.165 e. The van der Waals surface area contributed by atoms with Crippen molar-refractivity contribution in [3.05, 3.63) is 35.4 Å². The molecule has 0 heterocycles. The summed E-state index contributed by atoms with van der Waals surface area (Å²) >= 11 is 0. The summed E-state index contributed by atoms with van der Waals surface area (Å²) in [5, 5.41) is 3.50. The van der Waals surface area contributed by atoms with Crippen LogP contribution in [-0.2, 0) is 6.54 Å². The van der Waals surface area contributed by atoms with Gasteiger partial charge in [0.05, 0.1) is 14.2 Å². The standard InChI is InChI=1S/C17H25NO2.ClH/c1-19-16-10-6-9-15(17(16)20-2)13-18-12-11-14-7-4-3-5-8-14;/h6-7,9-10,18H,3-5,8,11-13H2,1-2H3;1H. The number of benzene rings is 1. The Bertz CT molecular complexity index is 460. The van der Waals surface area contributed by atoms with Gasteiger partial charge in [0.25, 0.3) is 0 Å². The van der Waals surface area contributed by atoms with Gasteiger partial charge in [0.15, 0.2) is 11.5 Å². The molecule has 0 amide bonds. The van der Waals surface area contributed by atoms with Gasteiger partial charge in [-0.05, 0) is 44.7 Å². The summed E-state index contributed by atoms with van der Waals surface area (Å²) in [7, 11) is 3.36. The number of nitrogens with one attached hydrogen (secondary N) is 1. The molecule has 0 bridgehead atoms. The summed E-state index contributed by atoms with van der Waals surface area (Å²) < 4.78 is 10.8. The highest BCUT2D eigenvalue weighted by atomic mass is 35.5. The average molecular weight is 312 g/mol. The molecular weight excluding hydrogens is 286 g/mol. The fourth-order valence-electron chi connectivity index (χ4n) is 2.70. The minimum atomic E-state index is 0. The minimum Gasteiger partial charge on any atom is -0.493 e. The Balaban J connectivity index is 0.00000220. The number of para-hydroxylation sites is 1. The molecule has 1 aromatic carbocycles. The monoisotopic (exact) mass is 311 g/mol. The molecule has 1 aliphatic carbocycles. The van der Waals surface area contributed by atoms with E-state index in [1.54, 1.807) is 19.8 Å². The first-order valence-electron chi connectivity index (χ1n) is 7.43. The van der Waals surface area contributed by atoms with Crippen LogP contribution >= 0.6 is 12.4 Å². The van der Waals surface area contributed by atoms with E-state index < -0.39 is 0 Å². The number of allylic oxidation sites excluding steroid dienone is 1. The van der Waals surface area contributed by atoms with Gasteiger partial charge in [0.2, 0.25) is 0 Å². The molecule has 2 rings (SSSR count). The second-order valence-corrected chi connectivity index (χ2v) is 5.19. The molecule has 1 aromatic rings. The van der Waals surface area contributed by atoms with Crippen LogP contribution in [0.5, 0.6) is 11.5 Å². The largest absolute Gasteiger partial charge is 0.493 e. The second-order valence-electron chi connectivity index (χ2n) is 5.19. The highest BCUT2D eigenvalue weighted by molar-refractivity contribution is 5.85. The van der Waals surface area contributed by atoms with Crippen LogP contribution in [0.2, 0.25) is 0 Å². The van der Waals surface area contributed by atoms with E-state index in [1.165, 1.54) is 25.7 Å². The molecule has 0 aliphatic heterocycles. The van der Waals surface area contributed by atoms with Gasteiger partial charge in [-0.15, -0.1) is 12.4 Å². The third kappa shape index (κ3) is 5.25. The Morgan fingerprint density at radius 2 is 2.00 bits per heavy atom. The zero-order valence-corrected chi connectivity index (χ0v) is 13.8. The minimum absolute atomic E-state index is 0. The summed E-state index contributed by atoms with van der Waals surface area (Å²) in [6.07, 6.45) is 8.83. The van der Waals surface area contributed by atoms with Crippen LogP contribution in [0.4, 0.5) is 0 Å². The fraction of sp³-hybridized carbons (Fsp3) is 0.529. The third-order valence-corrected chi connectivity index (χ3v) is 3.81. The van der Waals surface area contributed by atoms with Crippen LogP contribution in [0.15, 0.2) is 29.8 Å². The summed E-state index contributed by atoms with van der Waals surface area (Å²) in [4.78, 5) is 0. The molecular formula is C17H26ClNO2. The van der Waals surface area contributed by atoms with Crippen molar-refractivity contribution in [1.29, 1.82) is 0 Å². The van der Waals surface area contributed by atoms with E-state index in [1.807, 2.05) is 12.1 Å². The number of ether oxygens (including phenoxy) is 2. The van der Waals surface area contributed by atoms with Gasteiger partial charge in [0, 0.05) is 12.1 Å². The Labute approximate surface area is 134 Å². The van der Waals surface area contributed by atoms with Crippen LogP contribution in [0.1, 0.15) is 37.7 Å². The number of methoxy groups -OCH3 is 2. The van der Waals surface area contributed by atoms with Gasteiger partial charge in [-0.3, -0.25) is 0 Å². The lowest BCUT2D eigenvalue weighted by atomic mass is 9.97. The average Bonchev–Trinajstić information content (AvgIpc) is 2.52. The lowest BCUT2D eigenvalue weighted by Crippen LogP contribution is -2.16. The van der Waals surface area contributed by atoms with Crippen LogP contribution in [0.25, 0.3) is 0 Å². The van der Waals surface area contributed by atoms with Crippen molar-refractivity contribution in [2.45, 2.75) is 38.6 Å². The summed E-state index contributed by atoms with van der Waals surface area (Å²) in [5.74, 6) is 1.63. The van der Waals surface area contributed by atoms with Crippen LogP contribution in [0.3, 0.4) is 0 Å². The van der Waals surface area contributed by atoms with Crippen molar-refractivity contribution >= 4 is 12.4 Å². The maximum absolute atomic E-state index is 5.44. The van der Waals surface area contributed by atoms with E-state index in [2.05, 4.69) is 17.5 Å². The van der Waals surface area contributed by atoms with Crippen molar-refractivity contribution in [1.82, 2.24) is 5.32 Å². The number of hydrogen-bond acceptors (Lipinski definition) is 3. The van der Waals surface area contributed by atoms with E-state index in [0.29, 0.717) is 0 Å². The molecule has 0 spiro atoms. The van der Waals surface area contributed by atoms with Gasteiger partial charge in [-0.1, -0.05) is 23.8 Å². The molecule has 118 valence electrons. The first-order chi connectivity index (χ1) is 9.85. The highest BCUT2D eigenvalue weighted by Crippen LogP contribution is 2.30. The van der Waals surface area contributed by atoms with E-state index in [4.69, 9.17) is 9.47 Å². The molecule has 4 heteroatoms. The third-order valence-electron chi connectivity index (χ3n) is 3.81. The SMILES string of the molecule is COc1cccc(CNCCC2=CCCCC2)c1OC.Cl. The Morgan fingerprint density at radius 1 is 1.14 bits per heavy atom. The maximum atomic E-state index is 5.44. The van der Waals surface area contributed by atoms with E-state index >= 15 is 0 Å². The van der Waals surface area contributed by atoms with Crippen molar-refractivity contribution in [2.24, 2.45) is 0 Å². The van der Waals surface area contributed by atoms with E-state index in [9.17, 15) is 0 Å². The molecule has 21 heavy (non-hydrogen) atoms. The van der Waals surface area contributed by atoms with Gasteiger partial charge >= 0.3 is 0 Å². The molecule has 0 fully saturated rings. The van der Waals surface area contributed by atoms with Crippen LogP contribution in [-0.4, -0.2) is 20.8 Å². The summed E-state index contributed by atoms with van der Waals surface area (Å²) in [5.41, 5.74) is 2.76. The predicted octanol–water partition coefficient (Wildman–Crippen LogP) is 4.11. The number of rotatable bonds is 7. The maximum Gasteiger partial charge on any atom is 0.165 e. The molecule has 0 radical (unpaired) electrons. The van der Waals surface area contributed by atoms with Crippen molar-refractivity contribution in [3.8, 4) is 11.5 Å². The van der Waals surface area contributed by atoms with E-state index in [-0.39, 0.29) is 12.4 Å². The van der Waals surface area contributed by atoms with Gasteiger partial charge < -0.3 is 14.8 Å². The van der Waals surface area contributed by atoms with Crippen LogP contribution in [0, 0.1) is 0 Å². The van der Waals surface area contributed by atoms with Crippen LogP contribution < -0.4 is 14.8 Å². The first kappa shape index (κ1) is 17.9. The molecule has 0 saturated carbocycles. The lowest BCUT2D eigenvalue weighted by Gasteiger charge is -2.15. The molecule has 0 atom stereocenters. The van der Waals surface area contributed by atoms with E-state index in [0.717, 1.165) is 36.6 Å². The van der Waals surface area contributed by atoms with Gasteiger partial charge in [0.1, 0.15) is 0 Å². The Hall–Kier alpha value is -1.19. The van der Waals surface area contributed by atoms with Crippen molar-refractivity contribution in [3.63, 3.8) is 0 Å². The molecule has 0 aromatic heterocycles. The molecule has 1 aliphatic rings. The number of hydrogen-bond donors (Lipinski definition) is 1. The quantitative estimate of drug-likeness (QED) is 0.607. The Kier molecular flexibility index (Phi) is 8.24. The highest BCUT2D eigenvalue weighted by Gasteiger charge is 2.09. The Morgan fingerprint density at radius 3 is 2.67 bits per heavy atom. The van der Waals surface area contributed by atoms with Gasteiger partial charge in [-0.25, -0.2) is 0 Å². The van der Waals surface area contributed by atoms with Crippen molar-refractivity contribution in [2.75, 3.05) is 20.8 Å². The molecule has 1 N–H and O–H groups in total. The summed E-state index contributed by atoms with van der Waals surface area (Å²) in [6.45, 7) is 1.83. The molecule has 0 unspecified atom stereocenters. The summed E-state index contributed by atoms with van der Waals surface area (Å²) in [6, 6.07) is 6.01. The number of halogens is 1. The first-order valence-corrected chi connectivity index (χ1v) is 7.43. The zero-order valence-electron chi connectivity index (χ0n) is 13.0. The zero-order chi connectivity index (χ0) is 14.2. The van der Waals surface area contributed by atoms with Gasteiger partial charge in [-0.2, -0.15) is 0 Å². The topological polar surface area (TPSA) is 30.5 Å². The molecule has 3 nitrogen and oxygen atoms in total. The van der Waals surface area contributed by atoms with Crippen molar-refractivity contribution < 1.29 is 9.47 Å². The second kappa shape index (κ2) is 9.69. The predicted molar refractivity (Wildman–Crippen MR) is 89.7 cm³/mol. The fourth-order valence-corrected chi connectivity index (χ4v) is 2.70. The molecule has 0 saturated heterocycles. The normalized spacial score (nSPS) is 14.1.